The lowest BCUT2D eigenvalue weighted by atomic mass is 10.2. The first-order valence-electron chi connectivity index (χ1n) is 6.70. The van der Waals surface area contributed by atoms with Crippen LogP contribution >= 0.6 is 0 Å². The molecule has 0 aliphatic heterocycles. The maximum atomic E-state index is 13.2. The molecule has 0 aliphatic carbocycles. The van der Waals surface area contributed by atoms with Gasteiger partial charge in [-0.1, -0.05) is 11.2 Å². The summed E-state index contributed by atoms with van der Waals surface area (Å²) < 4.78 is 23.5. The van der Waals surface area contributed by atoms with Crippen molar-refractivity contribution in [3.63, 3.8) is 0 Å². The monoisotopic (exact) mass is 313 g/mol. The summed E-state index contributed by atoms with van der Waals surface area (Å²) in [6.45, 7) is 0. The Hall–Kier alpha value is -3.22. The van der Waals surface area contributed by atoms with Crippen molar-refractivity contribution >= 4 is 11.9 Å². The Labute approximate surface area is 130 Å². The molecule has 2 aromatic carbocycles. The van der Waals surface area contributed by atoms with Crippen LogP contribution in [0, 0.1) is 5.82 Å². The molecule has 23 heavy (non-hydrogen) atoms. The lowest BCUT2D eigenvalue weighted by Gasteiger charge is -2.02. The summed E-state index contributed by atoms with van der Waals surface area (Å²) in [5.74, 6) is -0.0473. The second kappa shape index (κ2) is 6.27. The molecule has 1 aromatic heterocycles. The van der Waals surface area contributed by atoms with Gasteiger partial charge in [-0.25, -0.2) is 4.39 Å². The standard InChI is InChI=1S/C16H12FN3O3/c1-22-13-7-5-10(6-8-13)14(21)18-16-20-19-15(23-16)11-3-2-4-12(17)9-11/h2-9H,1H3,(H,18,20,21). The van der Waals surface area contributed by atoms with Crippen molar-refractivity contribution in [1.29, 1.82) is 0 Å². The molecule has 0 unspecified atom stereocenters. The fourth-order valence-corrected chi connectivity index (χ4v) is 1.92. The molecule has 1 N–H and O–H groups in total. The molecule has 0 bridgehead atoms. The minimum atomic E-state index is -0.412. The number of ether oxygens (including phenoxy) is 1. The quantitative estimate of drug-likeness (QED) is 0.800. The maximum Gasteiger partial charge on any atom is 0.322 e. The summed E-state index contributed by atoms with van der Waals surface area (Å²) >= 11 is 0. The summed E-state index contributed by atoms with van der Waals surface area (Å²) in [7, 11) is 1.54. The Morgan fingerprint density at radius 3 is 2.65 bits per heavy atom. The van der Waals surface area contributed by atoms with Crippen LogP contribution in [0.3, 0.4) is 0 Å². The molecular formula is C16H12FN3O3. The van der Waals surface area contributed by atoms with Crippen LogP contribution < -0.4 is 10.1 Å². The number of hydrogen-bond donors (Lipinski definition) is 1. The van der Waals surface area contributed by atoms with E-state index in [1.165, 1.54) is 18.2 Å². The predicted octanol–water partition coefficient (Wildman–Crippen LogP) is 3.14. The zero-order chi connectivity index (χ0) is 16.2. The van der Waals surface area contributed by atoms with Crippen LogP contribution in [0.4, 0.5) is 10.4 Å². The molecule has 6 nitrogen and oxygen atoms in total. The van der Waals surface area contributed by atoms with E-state index >= 15 is 0 Å². The van der Waals surface area contributed by atoms with Gasteiger partial charge in [-0.05, 0) is 42.5 Å². The summed E-state index contributed by atoms with van der Waals surface area (Å²) in [5.41, 5.74) is 0.846. The maximum absolute atomic E-state index is 13.2. The number of hydrogen-bond acceptors (Lipinski definition) is 5. The Morgan fingerprint density at radius 1 is 1.17 bits per heavy atom. The number of halogens is 1. The van der Waals surface area contributed by atoms with E-state index in [4.69, 9.17) is 9.15 Å². The molecule has 116 valence electrons. The van der Waals surface area contributed by atoms with Crippen molar-refractivity contribution in [3.8, 4) is 17.2 Å². The number of anilines is 1. The van der Waals surface area contributed by atoms with E-state index in [9.17, 15) is 9.18 Å². The summed E-state index contributed by atoms with van der Waals surface area (Å²) in [6, 6.07) is 12.2. The molecule has 0 fully saturated rings. The largest absolute Gasteiger partial charge is 0.497 e. The third-order valence-corrected chi connectivity index (χ3v) is 3.07. The smallest absolute Gasteiger partial charge is 0.322 e. The Kier molecular flexibility index (Phi) is 4.01. The zero-order valence-corrected chi connectivity index (χ0v) is 12.1. The van der Waals surface area contributed by atoms with Gasteiger partial charge in [0.25, 0.3) is 5.91 Å². The number of aromatic nitrogens is 2. The van der Waals surface area contributed by atoms with Gasteiger partial charge in [0.2, 0.25) is 5.89 Å². The Bertz CT molecular complexity index is 831. The second-order valence-corrected chi connectivity index (χ2v) is 4.61. The number of carbonyl (C=O) groups excluding carboxylic acids is 1. The van der Waals surface area contributed by atoms with E-state index in [1.807, 2.05) is 0 Å². The predicted molar refractivity (Wildman–Crippen MR) is 80.6 cm³/mol. The molecule has 0 spiro atoms. The van der Waals surface area contributed by atoms with Gasteiger partial charge in [-0.3, -0.25) is 10.1 Å². The highest BCUT2D eigenvalue weighted by molar-refractivity contribution is 6.03. The third-order valence-electron chi connectivity index (χ3n) is 3.07. The van der Waals surface area contributed by atoms with Crippen LogP contribution in [0.1, 0.15) is 10.4 Å². The summed E-state index contributed by atoms with van der Waals surface area (Å²) in [5, 5.41) is 10.00. The van der Waals surface area contributed by atoms with E-state index in [1.54, 1.807) is 37.4 Å². The first kappa shape index (κ1) is 14.7. The van der Waals surface area contributed by atoms with Crippen molar-refractivity contribution in [2.24, 2.45) is 0 Å². The molecule has 0 saturated heterocycles. The van der Waals surface area contributed by atoms with Gasteiger partial charge in [-0.15, -0.1) is 5.10 Å². The minimum absolute atomic E-state index is 0.0647. The fourth-order valence-electron chi connectivity index (χ4n) is 1.92. The lowest BCUT2D eigenvalue weighted by molar-refractivity contribution is 0.102. The van der Waals surface area contributed by atoms with Crippen LogP contribution in [0.2, 0.25) is 0 Å². The van der Waals surface area contributed by atoms with Crippen LogP contribution in [0.25, 0.3) is 11.5 Å². The van der Waals surface area contributed by atoms with Crippen molar-refractivity contribution in [2.75, 3.05) is 12.4 Å². The summed E-state index contributed by atoms with van der Waals surface area (Å²) in [4.78, 5) is 12.1. The van der Waals surface area contributed by atoms with Gasteiger partial charge in [0.05, 0.1) is 7.11 Å². The highest BCUT2D eigenvalue weighted by Gasteiger charge is 2.13. The molecule has 7 heteroatoms. The van der Waals surface area contributed by atoms with E-state index in [0.717, 1.165) is 0 Å². The molecule has 0 aliphatic rings. The van der Waals surface area contributed by atoms with Crippen molar-refractivity contribution < 1.29 is 18.3 Å². The highest BCUT2D eigenvalue weighted by Crippen LogP contribution is 2.21. The molecule has 0 radical (unpaired) electrons. The molecule has 0 saturated carbocycles. The molecule has 0 atom stereocenters. The average Bonchev–Trinajstić information content (AvgIpc) is 3.03. The molecule has 3 rings (SSSR count). The molecule has 3 aromatic rings. The average molecular weight is 313 g/mol. The van der Waals surface area contributed by atoms with Crippen LogP contribution in [0.5, 0.6) is 5.75 Å². The Balaban J connectivity index is 1.74. The van der Waals surface area contributed by atoms with Gasteiger partial charge >= 0.3 is 6.01 Å². The van der Waals surface area contributed by atoms with Gasteiger partial charge in [0.15, 0.2) is 0 Å². The number of carbonyl (C=O) groups is 1. The van der Waals surface area contributed by atoms with Crippen molar-refractivity contribution in [2.45, 2.75) is 0 Å². The third kappa shape index (κ3) is 3.34. The lowest BCUT2D eigenvalue weighted by Crippen LogP contribution is -2.11. The van der Waals surface area contributed by atoms with E-state index in [0.29, 0.717) is 16.9 Å². The SMILES string of the molecule is COc1ccc(C(=O)Nc2nnc(-c3cccc(F)c3)o2)cc1. The van der Waals surface area contributed by atoms with Crippen LogP contribution in [0.15, 0.2) is 52.9 Å². The number of nitrogens with zero attached hydrogens (tertiary/aromatic N) is 2. The van der Waals surface area contributed by atoms with Crippen molar-refractivity contribution in [3.05, 3.63) is 59.9 Å². The first-order valence-corrected chi connectivity index (χ1v) is 6.70. The minimum Gasteiger partial charge on any atom is -0.497 e. The van der Waals surface area contributed by atoms with E-state index < -0.39 is 11.7 Å². The number of benzene rings is 2. The van der Waals surface area contributed by atoms with E-state index in [2.05, 4.69) is 15.5 Å². The van der Waals surface area contributed by atoms with Gasteiger partial charge in [0.1, 0.15) is 11.6 Å². The van der Waals surface area contributed by atoms with Gasteiger partial charge < -0.3 is 9.15 Å². The highest BCUT2D eigenvalue weighted by atomic mass is 19.1. The number of methoxy groups -OCH3 is 1. The molecular weight excluding hydrogens is 301 g/mol. The fraction of sp³-hybridized carbons (Fsp3) is 0.0625. The van der Waals surface area contributed by atoms with E-state index in [-0.39, 0.29) is 11.9 Å². The van der Waals surface area contributed by atoms with Crippen LogP contribution in [-0.2, 0) is 0 Å². The van der Waals surface area contributed by atoms with Crippen molar-refractivity contribution in [1.82, 2.24) is 10.2 Å². The van der Waals surface area contributed by atoms with Gasteiger partial charge in [-0.2, -0.15) is 0 Å². The Morgan fingerprint density at radius 2 is 1.96 bits per heavy atom. The molecule has 1 amide bonds. The first-order chi connectivity index (χ1) is 11.2. The number of amides is 1. The summed E-state index contributed by atoms with van der Waals surface area (Å²) in [6.07, 6.45) is 0. The molecule has 1 heterocycles. The topological polar surface area (TPSA) is 77.2 Å². The number of rotatable bonds is 4. The number of nitrogens with one attached hydrogen (secondary N) is 1. The second-order valence-electron chi connectivity index (χ2n) is 4.61. The van der Waals surface area contributed by atoms with Crippen LogP contribution in [-0.4, -0.2) is 23.2 Å². The van der Waals surface area contributed by atoms with Gasteiger partial charge in [0, 0.05) is 11.1 Å². The normalized spacial score (nSPS) is 10.3. The zero-order valence-electron chi connectivity index (χ0n) is 12.1.